The third-order valence-corrected chi connectivity index (χ3v) is 3.17. The van der Waals surface area contributed by atoms with Gasteiger partial charge in [-0.2, -0.15) is 0 Å². The Labute approximate surface area is 111 Å². The number of ketones is 1. The molecule has 1 heterocycles. The number of carbonyl (C=O) groups is 1. The molecule has 1 unspecified atom stereocenters. The zero-order valence-corrected chi connectivity index (χ0v) is 11.7. The Morgan fingerprint density at radius 1 is 1.47 bits per heavy atom. The molecule has 0 aliphatic carbocycles. The van der Waals surface area contributed by atoms with Crippen molar-refractivity contribution in [3.05, 3.63) is 28.5 Å². The highest BCUT2D eigenvalue weighted by Crippen LogP contribution is 2.13. The lowest BCUT2D eigenvalue weighted by Crippen LogP contribution is -2.09. The van der Waals surface area contributed by atoms with Crippen molar-refractivity contribution < 1.29 is 4.79 Å². The smallest absolute Gasteiger partial charge is 0.137 e. The van der Waals surface area contributed by atoms with Gasteiger partial charge in [0.2, 0.25) is 0 Å². The highest BCUT2D eigenvalue weighted by atomic mass is 79.9. The van der Waals surface area contributed by atoms with E-state index in [0.29, 0.717) is 25.3 Å². The summed E-state index contributed by atoms with van der Waals surface area (Å²) in [5.41, 5.74) is 6.45. The Morgan fingerprint density at radius 3 is 2.88 bits per heavy atom. The first-order valence-corrected chi connectivity index (χ1v) is 6.72. The Balaban J connectivity index is 2.34. The molecule has 0 aliphatic heterocycles. The highest BCUT2D eigenvalue weighted by molar-refractivity contribution is 9.10. The second kappa shape index (κ2) is 7.56. The summed E-state index contributed by atoms with van der Waals surface area (Å²) >= 11 is 3.35. The summed E-state index contributed by atoms with van der Waals surface area (Å²) in [5, 5.41) is 0. The molecular formula is C13H19BrN2O. The van der Waals surface area contributed by atoms with E-state index in [1.165, 1.54) is 0 Å². The predicted molar refractivity (Wildman–Crippen MR) is 72.7 cm³/mol. The van der Waals surface area contributed by atoms with Gasteiger partial charge in [-0.15, -0.1) is 0 Å². The van der Waals surface area contributed by atoms with Crippen molar-refractivity contribution in [1.82, 2.24) is 4.98 Å². The molecule has 94 valence electrons. The van der Waals surface area contributed by atoms with Crippen molar-refractivity contribution in [3.8, 4) is 0 Å². The zero-order chi connectivity index (χ0) is 12.7. The van der Waals surface area contributed by atoms with Gasteiger partial charge in [-0.25, -0.2) is 0 Å². The van der Waals surface area contributed by atoms with Gasteiger partial charge in [-0.3, -0.25) is 9.78 Å². The summed E-state index contributed by atoms with van der Waals surface area (Å²) in [6.45, 7) is 2.84. The highest BCUT2D eigenvalue weighted by Gasteiger charge is 2.07. The lowest BCUT2D eigenvalue weighted by atomic mass is 9.98. The van der Waals surface area contributed by atoms with Gasteiger partial charge < -0.3 is 5.73 Å². The van der Waals surface area contributed by atoms with Crippen LogP contribution in [0.5, 0.6) is 0 Å². The monoisotopic (exact) mass is 298 g/mol. The van der Waals surface area contributed by atoms with Crippen LogP contribution in [-0.2, 0) is 11.2 Å². The fourth-order valence-electron chi connectivity index (χ4n) is 1.70. The third-order valence-electron chi connectivity index (χ3n) is 2.74. The number of nitrogens with two attached hydrogens (primary N) is 1. The maximum absolute atomic E-state index is 11.8. The molecule has 0 bridgehead atoms. The molecule has 0 aliphatic rings. The van der Waals surface area contributed by atoms with E-state index >= 15 is 0 Å². The Hall–Kier alpha value is -0.740. The lowest BCUT2D eigenvalue weighted by molar-refractivity contribution is -0.118. The first-order chi connectivity index (χ1) is 8.11. The SMILES string of the molecule is CC(CCN)CCC(=O)Cc1cncc(Br)c1. The van der Waals surface area contributed by atoms with Crippen LogP contribution in [-0.4, -0.2) is 17.3 Å². The summed E-state index contributed by atoms with van der Waals surface area (Å²) in [4.78, 5) is 15.8. The number of carbonyl (C=O) groups excluding carboxylic acids is 1. The summed E-state index contributed by atoms with van der Waals surface area (Å²) in [6, 6.07) is 1.94. The van der Waals surface area contributed by atoms with Crippen LogP contribution in [0, 0.1) is 5.92 Å². The topological polar surface area (TPSA) is 56.0 Å². The predicted octanol–water partition coefficient (Wildman–Crippen LogP) is 2.72. The second-order valence-electron chi connectivity index (χ2n) is 4.45. The van der Waals surface area contributed by atoms with Crippen molar-refractivity contribution in [2.24, 2.45) is 11.7 Å². The van der Waals surface area contributed by atoms with Gasteiger partial charge >= 0.3 is 0 Å². The molecule has 0 radical (unpaired) electrons. The van der Waals surface area contributed by atoms with Gasteiger partial charge in [0.05, 0.1) is 0 Å². The fourth-order valence-corrected chi connectivity index (χ4v) is 2.12. The average molecular weight is 299 g/mol. The van der Waals surface area contributed by atoms with Crippen molar-refractivity contribution in [2.75, 3.05) is 6.54 Å². The molecule has 0 spiro atoms. The van der Waals surface area contributed by atoms with Crippen LogP contribution < -0.4 is 5.73 Å². The Bertz CT molecular complexity index is 368. The molecule has 0 amide bonds. The van der Waals surface area contributed by atoms with E-state index < -0.39 is 0 Å². The number of rotatable bonds is 7. The molecule has 4 heteroatoms. The quantitative estimate of drug-likeness (QED) is 0.842. The van der Waals surface area contributed by atoms with Gasteiger partial charge in [0.25, 0.3) is 0 Å². The molecule has 17 heavy (non-hydrogen) atoms. The number of nitrogens with zero attached hydrogens (tertiary/aromatic N) is 1. The number of Topliss-reactive ketones (excluding diaryl/α,β-unsaturated/α-hetero) is 1. The second-order valence-corrected chi connectivity index (χ2v) is 5.36. The molecule has 3 nitrogen and oxygen atoms in total. The molecule has 0 aromatic carbocycles. The Kier molecular flexibility index (Phi) is 6.37. The number of hydrogen-bond donors (Lipinski definition) is 1. The minimum Gasteiger partial charge on any atom is -0.330 e. The molecule has 0 saturated heterocycles. The van der Waals surface area contributed by atoms with Crippen molar-refractivity contribution in [1.29, 1.82) is 0 Å². The molecular weight excluding hydrogens is 280 g/mol. The van der Waals surface area contributed by atoms with Gasteiger partial charge in [0.15, 0.2) is 0 Å². The van der Waals surface area contributed by atoms with E-state index in [0.717, 1.165) is 22.9 Å². The van der Waals surface area contributed by atoms with Gasteiger partial charge in [-0.1, -0.05) is 6.92 Å². The van der Waals surface area contributed by atoms with Crippen LogP contribution in [0.25, 0.3) is 0 Å². The van der Waals surface area contributed by atoms with Crippen LogP contribution in [0.1, 0.15) is 31.7 Å². The average Bonchev–Trinajstić information content (AvgIpc) is 2.27. The van der Waals surface area contributed by atoms with E-state index in [4.69, 9.17) is 5.73 Å². The fraction of sp³-hybridized carbons (Fsp3) is 0.538. The third kappa shape index (κ3) is 5.94. The van der Waals surface area contributed by atoms with Crippen LogP contribution in [0.2, 0.25) is 0 Å². The van der Waals surface area contributed by atoms with Crippen LogP contribution in [0.15, 0.2) is 22.9 Å². The molecule has 0 saturated carbocycles. The van der Waals surface area contributed by atoms with E-state index in [9.17, 15) is 4.79 Å². The first kappa shape index (κ1) is 14.3. The van der Waals surface area contributed by atoms with E-state index in [-0.39, 0.29) is 5.78 Å². The normalized spacial score (nSPS) is 12.4. The molecule has 0 fully saturated rings. The zero-order valence-electron chi connectivity index (χ0n) is 10.2. The standard InChI is InChI=1S/C13H19BrN2O/c1-10(4-5-15)2-3-13(17)7-11-6-12(14)9-16-8-11/h6,8-10H,2-5,7,15H2,1H3. The summed E-state index contributed by atoms with van der Waals surface area (Å²) in [7, 11) is 0. The molecule has 2 N–H and O–H groups in total. The molecule has 1 aromatic heterocycles. The number of pyridine rings is 1. The maximum atomic E-state index is 11.8. The number of hydrogen-bond acceptors (Lipinski definition) is 3. The van der Waals surface area contributed by atoms with Crippen molar-refractivity contribution in [2.45, 2.75) is 32.6 Å². The molecule has 1 aromatic rings. The van der Waals surface area contributed by atoms with E-state index in [1.54, 1.807) is 12.4 Å². The van der Waals surface area contributed by atoms with Crippen molar-refractivity contribution in [3.63, 3.8) is 0 Å². The lowest BCUT2D eigenvalue weighted by Gasteiger charge is -2.08. The van der Waals surface area contributed by atoms with Crippen LogP contribution >= 0.6 is 15.9 Å². The summed E-state index contributed by atoms with van der Waals surface area (Å²) in [5.74, 6) is 0.804. The van der Waals surface area contributed by atoms with Crippen LogP contribution in [0.3, 0.4) is 0 Å². The maximum Gasteiger partial charge on any atom is 0.137 e. The van der Waals surface area contributed by atoms with Crippen LogP contribution in [0.4, 0.5) is 0 Å². The van der Waals surface area contributed by atoms with Gasteiger partial charge in [-0.05, 0) is 52.9 Å². The Morgan fingerprint density at radius 2 is 2.24 bits per heavy atom. The molecule has 1 atom stereocenters. The summed E-state index contributed by atoms with van der Waals surface area (Å²) < 4.78 is 0.916. The first-order valence-electron chi connectivity index (χ1n) is 5.93. The van der Waals surface area contributed by atoms with E-state index in [2.05, 4.69) is 27.8 Å². The van der Waals surface area contributed by atoms with Gasteiger partial charge in [0, 0.05) is 29.7 Å². The van der Waals surface area contributed by atoms with Gasteiger partial charge in [0.1, 0.15) is 5.78 Å². The summed E-state index contributed by atoms with van der Waals surface area (Å²) in [6.07, 6.45) is 6.49. The molecule has 1 rings (SSSR count). The minimum absolute atomic E-state index is 0.272. The number of aromatic nitrogens is 1. The minimum atomic E-state index is 0.272. The van der Waals surface area contributed by atoms with Crippen molar-refractivity contribution >= 4 is 21.7 Å². The number of halogens is 1. The largest absolute Gasteiger partial charge is 0.330 e. The van der Waals surface area contributed by atoms with E-state index in [1.807, 2.05) is 6.07 Å².